The van der Waals surface area contributed by atoms with Crippen LogP contribution >= 0.6 is 12.6 Å². The van der Waals surface area contributed by atoms with Crippen molar-refractivity contribution in [1.29, 1.82) is 0 Å². The topological polar surface area (TPSA) is 18.5 Å². The van der Waals surface area contributed by atoms with Crippen LogP contribution in [0.3, 0.4) is 0 Å². The summed E-state index contributed by atoms with van der Waals surface area (Å²) in [4.78, 5) is 0. The van der Waals surface area contributed by atoms with Crippen molar-refractivity contribution < 1.29 is 9.47 Å². The van der Waals surface area contributed by atoms with E-state index < -0.39 is 0 Å². The molecular weight excluding hydrogens is 460 g/mol. The highest BCUT2D eigenvalue weighted by Gasteiger charge is 2.13. The maximum atomic E-state index is 6.21. The fourth-order valence-electron chi connectivity index (χ4n) is 4.03. The van der Waals surface area contributed by atoms with Crippen molar-refractivity contribution in [3.8, 4) is 5.75 Å². The second-order valence-corrected chi connectivity index (χ2v) is 10.1. The summed E-state index contributed by atoms with van der Waals surface area (Å²) < 4.78 is 12.3. The van der Waals surface area contributed by atoms with E-state index in [0.29, 0.717) is 0 Å². The second kappa shape index (κ2) is 18.2. The Morgan fingerprint density at radius 3 is 1.92 bits per heavy atom. The minimum Gasteiger partial charge on any atom is -0.493 e. The van der Waals surface area contributed by atoms with E-state index in [1.807, 2.05) is 12.1 Å². The molecule has 1 aliphatic rings. The Hall–Kier alpha value is -2.13. The molecule has 0 N–H and O–H groups in total. The molecule has 0 saturated heterocycles. The van der Waals surface area contributed by atoms with Crippen LogP contribution in [0.1, 0.15) is 102 Å². The highest BCUT2D eigenvalue weighted by atomic mass is 32.1. The van der Waals surface area contributed by atoms with E-state index in [1.54, 1.807) is 0 Å². The summed E-state index contributed by atoms with van der Waals surface area (Å²) in [5.41, 5.74) is 3.44. The zero-order valence-corrected chi connectivity index (χ0v) is 24.0. The quantitative estimate of drug-likeness (QED) is 0.155. The lowest BCUT2D eigenvalue weighted by Crippen LogP contribution is -2.08. The molecule has 3 heteroatoms. The standard InChI is InChI=1S/C27H36O2S.C6H12/c1-4-10-26(28-20-8-6-7-9-21-30)23-16-18-25(19-17-23)29-27(11-5-2)24-14-12-22(3)13-15-24;1-2-6-4-3-5-6/h10-19,30H,4-9,20-21H2,1-3H3;6H,2-5H2,1H3/b26-10+,27-11+;. The third-order valence-electron chi connectivity index (χ3n) is 6.59. The number of rotatable bonds is 14. The van der Waals surface area contributed by atoms with Gasteiger partial charge in [0, 0.05) is 11.1 Å². The minimum atomic E-state index is 0.757. The van der Waals surface area contributed by atoms with Gasteiger partial charge in [0.05, 0.1) is 6.61 Å². The molecule has 0 atom stereocenters. The largest absolute Gasteiger partial charge is 0.493 e. The smallest absolute Gasteiger partial charge is 0.130 e. The van der Waals surface area contributed by atoms with Gasteiger partial charge < -0.3 is 9.47 Å². The van der Waals surface area contributed by atoms with E-state index in [2.05, 4.69) is 88.9 Å². The molecule has 1 aliphatic carbocycles. The number of unbranched alkanes of at least 4 members (excludes halogenated alkanes) is 3. The van der Waals surface area contributed by atoms with Crippen molar-refractivity contribution >= 4 is 24.1 Å². The number of hydrogen-bond donors (Lipinski definition) is 1. The van der Waals surface area contributed by atoms with Gasteiger partial charge in [0.2, 0.25) is 0 Å². The molecule has 0 aromatic heterocycles. The summed E-state index contributed by atoms with van der Waals surface area (Å²) in [6, 6.07) is 16.6. The molecule has 2 nitrogen and oxygen atoms in total. The molecule has 0 aliphatic heterocycles. The zero-order chi connectivity index (χ0) is 26.0. The number of aryl methyl sites for hydroxylation is 1. The van der Waals surface area contributed by atoms with Gasteiger partial charge in [-0.1, -0.05) is 89.1 Å². The zero-order valence-electron chi connectivity index (χ0n) is 23.1. The average molecular weight is 509 g/mol. The van der Waals surface area contributed by atoms with Crippen LogP contribution < -0.4 is 4.74 Å². The van der Waals surface area contributed by atoms with Gasteiger partial charge in [-0.2, -0.15) is 12.6 Å². The van der Waals surface area contributed by atoms with Crippen LogP contribution in [0.4, 0.5) is 0 Å². The van der Waals surface area contributed by atoms with Gasteiger partial charge in [0.15, 0.2) is 0 Å². The lowest BCUT2D eigenvalue weighted by Gasteiger charge is -2.22. The molecule has 0 amide bonds. The Morgan fingerprint density at radius 2 is 1.39 bits per heavy atom. The summed E-state index contributed by atoms with van der Waals surface area (Å²) in [5.74, 6) is 4.77. The predicted molar refractivity (Wildman–Crippen MR) is 161 cm³/mol. The fraction of sp³-hybridized carbons (Fsp3) is 0.515. The van der Waals surface area contributed by atoms with E-state index in [-0.39, 0.29) is 0 Å². The molecule has 198 valence electrons. The third kappa shape index (κ3) is 11.3. The van der Waals surface area contributed by atoms with E-state index >= 15 is 0 Å². The average Bonchev–Trinajstić information content (AvgIpc) is 2.86. The lowest BCUT2D eigenvalue weighted by atomic mass is 9.84. The van der Waals surface area contributed by atoms with Gasteiger partial charge in [-0.3, -0.25) is 0 Å². The van der Waals surface area contributed by atoms with E-state index in [9.17, 15) is 0 Å². The van der Waals surface area contributed by atoms with Crippen LogP contribution in [0.25, 0.3) is 11.5 Å². The first-order valence-electron chi connectivity index (χ1n) is 14.1. The molecule has 0 unspecified atom stereocenters. The van der Waals surface area contributed by atoms with Gasteiger partial charge >= 0.3 is 0 Å². The van der Waals surface area contributed by atoms with Gasteiger partial charge in [-0.25, -0.2) is 0 Å². The molecule has 36 heavy (non-hydrogen) atoms. The minimum absolute atomic E-state index is 0.757. The maximum Gasteiger partial charge on any atom is 0.130 e. The number of thiol groups is 1. The van der Waals surface area contributed by atoms with Gasteiger partial charge in [0.25, 0.3) is 0 Å². The Kier molecular flexibility index (Phi) is 15.2. The highest BCUT2D eigenvalue weighted by molar-refractivity contribution is 7.80. The Balaban J connectivity index is 0.000000662. The van der Waals surface area contributed by atoms with Crippen molar-refractivity contribution in [3.63, 3.8) is 0 Å². The van der Waals surface area contributed by atoms with Crippen LogP contribution in [-0.2, 0) is 4.74 Å². The summed E-state index contributed by atoms with van der Waals surface area (Å²) in [7, 11) is 0. The van der Waals surface area contributed by atoms with Crippen molar-refractivity contribution in [2.24, 2.45) is 5.92 Å². The number of benzene rings is 2. The van der Waals surface area contributed by atoms with Crippen molar-refractivity contribution in [2.45, 2.75) is 91.9 Å². The van der Waals surface area contributed by atoms with Crippen LogP contribution in [0.2, 0.25) is 0 Å². The number of allylic oxidation sites excluding steroid dienone is 2. The monoisotopic (exact) mass is 508 g/mol. The molecule has 2 aromatic carbocycles. The molecule has 1 fully saturated rings. The highest BCUT2D eigenvalue weighted by Crippen LogP contribution is 2.28. The van der Waals surface area contributed by atoms with Crippen LogP contribution in [0.15, 0.2) is 60.7 Å². The normalized spacial score (nSPS) is 14.0. The lowest BCUT2D eigenvalue weighted by molar-refractivity contribution is 0.266. The molecule has 1 saturated carbocycles. The third-order valence-corrected chi connectivity index (χ3v) is 6.91. The van der Waals surface area contributed by atoms with Crippen LogP contribution in [-0.4, -0.2) is 12.4 Å². The summed E-state index contributed by atoms with van der Waals surface area (Å²) >= 11 is 4.26. The summed E-state index contributed by atoms with van der Waals surface area (Å²) in [6.07, 6.45) is 16.8. The molecule has 0 spiro atoms. The Labute approximate surface area is 226 Å². The predicted octanol–water partition coefficient (Wildman–Crippen LogP) is 10.3. The van der Waals surface area contributed by atoms with Crippen molar-refractivity contribution in [1.82, 2.24) is 0 Å². The number of ether oxygens (including phenoxy) is 2. The van der Waals surface area contributed by atoms with Gasteiger partial charge in [0.1, 0.15) is 17.3 Å². The van der Waals surface area contributed by atoms with Gasteiger partial charge in [-0.05, 0) is 80.7 Å². The first-order valence-corrected chi connectivity index (χ1v) is 14.7. The molecule has 0 heterocycles. The van der Waals surface area contributed by atoms with Crippen LogP contribution in [0.5, 0.6) is 5.75 Å². The van der Waals surface area contributed by atoms with Gasteiger partial charge in [-0.15, -0.1) is 0 Å². The van der Waals surface area contributed by atoms with Crippen molar-refractivity contribution in [3.05, 3.63) is 77.4 Å². The first kappa shape index (κ1) is 30.1. The fourth-order valence-corrected chi connectivity index (χ4v) is 4.26. The summed E-state index contributed by atoms with van der Waals surface area (Å²) in [5, 5.41) is 0. The number of hydrogen-bond acceptors (Lipinski definition) is 3. The van der Waals surface area contributed by atoms with E-state index in [0.717, 1.165) is 65.9 Å². The van der Waals surface area contributed by atoms with Crippen molar-refractivity contribution in [2.75, 3.05) is 12.4 Å². The molecule has 0 bridgehead atoms. The molecule has 0 radical (unpaired) electrons. The van der Waals surface area contributed by atoms with E-state index in [1.165, 1.54) is 50.5 Å². The Morgan fingerprint density at radius 1 is 0.806 bits per heavy atom. The first-order chi connectivity index (χ1) is 17.6. The molecule has 3 rings (SSSR count). The van der Waals surface area contributed by atoms with E-state index in [4.69, 9.17) is 9.47 Å². The van der Waals surface area contributed by atoms with Crippen LogP contribution in [0, 0.1) is 12.8 Å². The maximum absolute atomic E-state index is 6.21. The Bertz CT molecular complexity index is 890. The molecular formula is C33H48O2S. The second-order valence-electron chi connectivity index (χ2n) is 9.64. The summed E-state index contributed by atoms with van der Waals surface area (Å²) in [6.45, 7) is 9.39. The SMILES string of the molecule is CC/C=C(/OCCCCCCS)c1ccc(O/C(=C/CC)c2ccc(C)cc2)cc1.CCC1CCC1. The molecule has 2 aromatic rings.